The van der Waals surface area contributed by atoms with Gasteiger partial charge in [0.2, 0.25) is 5.91 Å². The van der Waals surface area contributed by atoms with Gasteiger partial charge in [0.05, 0.1) is 12.0 Å². The first-order valence-corrected chi connectivity index (χ1v) is 8.71. The van der Waals surface area contributed by atoms with E-state index < -0.39 is 5.41 Å². The van der Waals surface area contributed by atoms with Crippen LogP contribution >= 0.6 is 11.6 Å². The zero-order valence-corrected chi connectivity index (χ0v) is 15.2. The third-order valence-corrected chi connectivity index (χ3v) is 4.71. The van der Waals surface area contributed by atoms with E-state index in [0.717, 1.165) is 18.4 Å². The fraction of sp³-hybridized carbons (Fsp3) is 0.556. The molecule has 5 nitrogen and oxygen atoms in total. The maximum absolute atomic E-state index is 12.7. The molecule has 0 radical (unpaired) electrons. The van der Waals surface area contributed by atoms with E-state index in [9.17, 15) is 9.59 Å². The molecule has 6 heteroatoms. The summed E-state index contributed by atoms with van der Waals surface area (Å²) in [4.78, 5) is 26.1. The summed E-state index contributed by atoms with van der Waals surface area (Å²) in [7, 11) is 0. The molecule has 1 aliphatic heterocycles. The summed E-state index contributed by atoms with van der Waals surface area (Å²) < 4.78 is 5.01. The Balaban J connectivity index is 1.92. The fourth-order valence-corrected chi connectivity index (χ4v) is 2.99. The van der Waals surface area contributed by atoms with Crippen molar-refractivity contribution in [3.8, 4) is 0 Å². The van der Waals surface area contributed by atoms with Crippen molar-refractivity contribution in [2.24, 2.45) is 0 Å². The average Bonchev–Trinajstić information content (AvgIpc) is 2.55. The van der Waals surface area contributed by atoms with Gasteiger partial charge in [0.25, 0.3) is 0 Å². The van der Waals surface area contributed by atoms with Gasteiger partial charge in [-0.25, -0.2) is 4.79 Å². The molecule has 0 unspecified atom stereocenters. The van der Waals surface area contributed by atoms with Crippen LogP contribution in [-0.2, 0) is 14.9 Å². The molecule has 0 aliphatic carbocycles. The first-order chi connectivity index (χ1) is 11.3. The van der Waals surface area contributed by atoms with Crippen LogP contribution in [0.4, 0.5) is 4.79 Å². The standard InChI is InChI=1S/C18H25ClN2O3/c1-4-24-17(23)21-10-8-15(9-11-21)20-16(22)18(2,3)13-6-5-7-14(19)12-13/h5-7,12,15H,4,8-11H2,1-3H3,(H,20,22). The third-order valence-electron chi connectivity index (χ3n) is 4.47. The molecule has 0 spiro atoms. The Kier molecular flexibility index (Phi) is 6.10. The highest BCUT2D eigenvalue weighted by Crippen LogP contribution is 2.26. The lowest BCUT2D eigenvalue weighted by Crippen LogP contribution is -2.50. The molecule has 1 aliphatic rings. The van der Waals surface area contributed by atoms with Crippen LogP contribution < -0.4 is 5.32 Å². The molecule has 0 saturated carbocycles. The Hall–Kier alpha value is -1.75. The second kappa shape index (κ2) is 7.88. The number of hydrogen-bond acceptors (Lipinski definition) is 3. The minimum absolute atomic E-state index is 0.0284. The van der Waals surface area contributed by atoms with Crippen molar-refractivity contribution in [2.45, 2.75) is 45.1 Å². The predicted molar refractivity (Wildman–Crippen MR) is 94.2 cm³/mol. The van der Waals surface area contributed by atoms with E-state index >= 15 is 0 Å². The molecule has 0 aromatic heterocycles. The second-order valence-electron chi connectivity index (χ2n) is 6.57. The van der Waals surface area contributed by atoms with E-state index in [4.69, 9.17) is 16.3 Å². The normalized spacial score (nSPS) is 15.9. The van der Waals surface area contributed by atoms with Crippen molar-refractivity contribution >= 4 is 23.6 Å². The number of carbonyl (C=O) groups excluding carboxylic acids is 2. The van der Waals surface area contributed by atoms with Gasteiger partial charge in [-0.3, -0.25) is 4.79 Å². The van der Waals surface area contributed by atoms with Gasteiger partial charge in [0.15, 0.2) is 0 Å². The van der Waals surface area contributed by atoms with Crippen molar-refractivity contribution in [2.75, 3.05) is 19.7 Å². The van der Waals surface area contributed by atoms with Crippen molar-refractivity contribution in [1.29, 1.82) is 0 Å². The van der Waals surface area contributed by atoms with Gasteiger partial charge < -0.3 is 15.0 Å². The fourth-order valence-electron chi connectivity index (χ4n) is 2.80. The van der Waals surface area contributed by atoms with Crippen molar-refractivity contribution < 1.29 is 14.3 Å². The molecule has 2 rings (SSSR count). The summed E-state index contributed by atoms with van der Waals surface area (Å²) in [6, 6.07) is 7.45. The lowest BCUT2D eigenvalue weighted by atomic mass is 9.83. The Morgan fingerprint density at radius 3 is 2.58 bits per heavy atom. The Morgan fingerprint density at radius 2 is 2.00 bits per heavy atom. The van der Waals surface area contributed by atoms with Crippen LogP contribution in [0.1, 0.15) is 39.2 Å². The number of nitrogens with one attached hydrogen (secondary N) is 1. The molecule has 0 atom stereocenters. The number of carbonyl (C=O) groups is 2. The molecule has 2 amide bonds. The monoisotopic (exact) mass is 352 g/mol. The summed E-state index contributed by atoms with van der Waals surface area (Å²) in [5.41, 5.74) is 0.222. The van der Waals surface area contributed by atoms with E-state index in [2.05, 4.69) is 5.32 Å². The highest BCUT2D eigenvalue weighted by atomic mass is 35.5. The Labute approximate surface area is 148 Å². The number of halogens is 1. The van der Waals surface area contributed by atoms with Gasteiger partial charge in [0.1, 0.15) is 0 Å². The highest BCUT2D eigenvalue weighted by Gasteiger charge is 2.33. The molecular formula is C18H25ClN2O3. The van der Waals surface area contributed by atoms with Crippen LogP contribution in [0.3, 0.4) is 0 Å². The molecule has 0 bridgehead atoms. The van der Waals surface area contributed by atoms with Crippen LogP contribution in [0, 0.1) is 0 Å². The zero-order chi connectivity index (χ0) is 17.7. The summed E-state index contributed by atoms with van der Waals surface area (Å²) in [5.74, 6) is -0.0284. The number of likely N-dealkylation sites (tertiary alicyclic amines) is 1. The van der Waals surface area contributed by atoms with Crippen LogP contribution in [0.25, 0.3) is 0 Å². The Bertz CT molecular complexity index is 596. The molecule has 1 fully saturated rings. The van der Waals surface area contributed by atoms with Gasteiger partial charge in [-0.2, -0.15) is 0 Å². The van der Waals surface area contributed by atoms with E-state index in [1.165, 1.54) is 0 Å². The smallest absolute Gasteiger partial charge is 0.409 e. The molecule has 1 aromatic rings. The van der Waals surface area contributed by atoms with Gasteiger partial charge in [-0.05, 0) is 51.3 Å². The number of amides is 2. The summed E-state index contributed by atoms with van der Waals surface area (Å²) in [6.45, 7) is 7.15. The molecule has 24 heavy (non-hydrogen) atoms. The van der Waals surface area contributed by atoms with Crippen LogP contribution in [0.15, 0.2) is 24.3 Å². The predicted octanol–water partition coefficient (Wildman–Crippen LogP) is 3.35. The van der Waals surface area contributed by atoms with Crippen LogP contribution in [0.5, 0.6) is 0 Å². The molecule has 1 N–H and O–H groups in total. The van der Waals surface area contributed by atoms with E-state index in [1.807, 2.05) is 32.0 Å². The van der Waals surface area contributed by atoms with E-state index in [-0.39, 0.29) is 18.0 Å². The van der Waals surface area contributed by atoms with Gasteiger partial charge in [0, 0.05) is 24.2 Å². The number of ether oxygens (including phenoxy) is 1. The van der Waals surface area contributed by atoms with Gasteiger partial charge in [-0.1, -0.05) is 23.7 Å². The van der Waals surface area contributed by atoms with Crippen molar-refractivity contribution in [3.05, 3.63) is 34.9 Å². The quantitative estimate of drug-likeness (QED) is 0.904. The molecule has 1 heterocycles. The SMILES string of the molecule is CCOC(=O)N1CCC(NC(=O)C(C)(C)c2cccc(Cl)c2)CC1. The number of nitrogens with zero attached hydrogens (tertiary/aromatic N) is 1. The first-order valence-electron chi connectivity index (χ1n) is 8.33. The molecular weight excluding hydrogens is 328 g/mol. The van der Waals surface area contributed by atoms with E-state index in [0.29, 0.717) is 24.7 Å². The largest absolute Gasteiger partial charge is 0.450 e. The Morgan fingerprint density at radius 1 is 1.33 bits per heavy atom. The summed E-state index contributed by atoms with van der Waals surface area (Å²) in [5, 5.41) is 3.73. The highest BCUT2D eigenvalue weighted by molar-refractivity contribution is 6.30. The lowest BCUT2D eigenvalue weighted by Gasteiger charge is -2.34. The zero-order valence-electron chi connectivity index (χ0n) is 14.5. The minimum atomic E-state index is -0.664. The first kappa shape index (κ1) is 18.6. The van der Waals surface area contributed by atoms with Crippen LogP contribution in [0.2, 0.25) is 5.02 Å². The lowest BCUT2D eigenvalue weighted by molar-refractivity contribution is -0.126. The molecule has 1 aromatic carbocycles. The van der Waals surface area contributed by atoms with Gasteiger partial charge in [-0.15, -0.1) is 0 Å². The molecule has 1 saturated heterocycles. The minimum Gasteiger partial charge on any atom is -0.450 e. The van der Waals surface area contributed by atoms with Crippen molar-refractivity contribution in [1.82, 2.24) is 10.2 Å². The number of hydrogen-bond donors (Lipinski definition) is 1. The van der Waals surface area contributed by atoms with E-state index in [1.54, 1.807) is 17.9 Å². The average molecular weight is 353 g/mol. The maximum atomic E-state index is 12.7. The topological polar surface area (TPSA) is 58.6 Å². The summed E-state index contributed by atoms with van der Waals surface area (Å²) in [6.07, 6.45) is 1.19. The number of rotatable bonds is 4. The third kappa shape index (κ3) is 4.41. The summed E-state index contributed by atoms with van der Waals surface area (Å²) >= 11 is 6.04. The number of benzene rings is 1. The second-order valence-corrected chi connectivity index (χ2v) is 7.01. The number of piperidine rings is 1. The van der Waals surface area contributed by atoms with Crippen molar-refractivity contribution in [3.63, 3.8) is 0 Å². The molecule has 132 valence electrons. The maximum Gasteiger partial charge on any atom is 0.409 e. The van der Waals surface area contributed by atoms with Gasteiger partial charge >= 0.3 is 6.09 Å². The van der Waals surface area contributed by atoms with Crippen LogP contribution in [-0.4, -0.2) is 42.6 Å².